The molecule has 0 amide bonds. The zero-order valence-corrected chi connectivity index (χ0v) is 13.9. The van der Waals surface area contributed by atoms with E-state index in [1.54, 1.807) is 11.8 Å². The van der Waals surface area contributed by atoms with Crippen LogP contribution in [0.25, 0.3) is 0 Å². The minimum absolute atomic E-state index is 0.741. The average Bonchev–Trinajstić information content (AvgIpc) is 2.87. The molecule has 0 aliphatic rings. The van der Waals surface area contributed by atoms with Gasteiger partial charge in [0, 0.05) is 35.2 Å². The molecule has 2 aromatic heterocycles. The van der Waals surface area contributed by atoms with E-state index in [0.29, 0.717) is 0 Å². The monoisotopic (exact) mass is 309 g/mol. The van der Waals surface area contributed by atoms with Gasteiger partial charge in [-0.05, 0) is 32.8 Å². The predicted octanol–water partition coefficient (Wildman–Crippen LogP) is 3.37. The lowest BCUT2D eigenvalue weighted by Crippen LogP contribution is -2.01. The molecule has 0 spiro atoms. The van der Waals surface area contributed by atoms with E-state index in [-0.39, 0.29) is 0 Å². The number of aryl methyl sites for hydroxylation is 2. The third-order valence-corrected chi connectivity index (χ3v) is 4.63. The molecule has 20 heavy (non-hydrogen) atoms. The first-order valence-corrected chi connectivity index (χ1v) is 8.37. The van der Waals surface area contributed by atoms with Crippen molar-refractivity contribution in [2.75, 3.05) is 11.9 Å². The van der Waals surface area contributed by atoms with Crippen molar-refractivity contribution in [3.63, 3.8) is 0 Å². The van der Waals surface area contributed by atoms with Gasteiger partial charge in [-0.2, -0.15) is 0 Å². The Hall–Kier alpha value is -1.21. The van der Waals surface area contributed by atoms with Crippen molar-refractivity contribution in [2.45, 2.75) is 45.0 Å². The summed E-state index contributed by atoms with van der Waals surface area (Å²) in [5, 5.41) is 9.39. The lowest BCUT2D eigenvalue weighted by atomic mass is 10.2. The van der Waals surface area contributed by atoms with E-state index in [1.807, 2.05) is 13.8 Å². The van der Waals surface area contributed by atoms with Crippen molar-refractivity contribution in [3.8, 4) is 0 Å². The molecule has 5 nitrogen and oxygen atoms in total. The largest absolute Gasteiger partial charge is 0.374 e. The van der Waals surface area contributed by atoms with Crippen LogP contribution in [0.1, 0.15) is 36.0 Å². The second-order valence-electron chi connectivity index (χ2n) is 4.57. The molecule has 0 saturated heterocycles. The van der Waals surface area contributed by atoms with Crippen molar-refractivity contribution in [1.29, 1.82) is 0 Å². The van der Waals surface area contributed by atoms with E-state index in [9.17, 15) is 0 Å². The van der Waals surface area contributed by atoms with Crippen LogP contribution in [-0.4, -0.2) is 26.1 Å². The summed E-state index contributed by atoms with van der Waals surface area (Å²) in [7, 11) is 0. The van der Waals surface area contributed by atoms with Gasteiger partial charge in [-0.15, -0.1) is 5.10 Å². The van der Waals surface area contributed by atoms with Crippen LogP contribution in [0, 0.1) is 20.8 Å². The number of hydrogen-bond donors (Lipinski definition) is 1. The van der Waals surface area contributed by atoms with Crippen LogP contribution in [0.3, 0.4) is 0 Å². The maximum absolute atomic E-state index is 4.51. The summed E-state index contributed by atoms with van der Waals surface area (Å²) in [6.07, 6.45) is 1.09. The van der Waals surface area contributed by atoms with Gasteiger partial charge in [0.1, 0.15) is 10.7 Å². The molecule has 1 N–H and O–H groups in total. The van der Waals surface area contributed by atoms with Crippen LogP contribution >= 0.6 is 23.3 Å². The summed E-state index contributed by atoms with van der Waals surface area (Å²) >= 11 is 3.01. The molecule has 0 bridgehead atoms. The lowest BCUT2D eigenvalue weighted by molar-refractivity contribution is 0.879. The molecule has 0 aliphatic heterocycles. The van der Waals surface area contributed by atoms with E-state index < -0.39 is 0 Å². The van der Waals surface area contributed by atoms with Gasteiger partial charge in [-0.25, -0.2) is 9.97 Å². The third-order valence-electron chi connectivity index (χ3n) is 3.04. The fourth-order valence-electron chi connectivity index (χ4n) is 1.61. The molecule has 0 saturated carbocycles. The first-order chi connectivity index (χ1) is 9.61. The van der Waals surface area contributed by atoms with Crippen LogP contribution in [0.15, 0.2) is 5.16 Å². The topological polar surface area (TPSA) is 63.6 Å². The highest BCUT2D eigenvalue weighted by Gasteiger charge is 2.10. The first-order valence-electron chi connectivity index (χ1n) is 6.61. The van der Waals surface area contributed by atoms with E-state index in [1.165, 1.54) is 11.5 Å². The molecule has 0 fully saturated rings. The highest BCUT2D eigenvalue weighted by atomic mass is 32.2. The highest BCUT2D eigenvalue weighted by Crippen LogP contribution is 2.26. The van der Waals surface area contributed by atoms with Crippen LogP contribution in [0.5, 0.6) is 0 Å². The summed E-state index contributed by atoms with van der Waals surface area (Å²) in [6.45, 7) is 9.18. The molecule has 0 radical (unpaired) electrons. The van der Waals surface area contributed by atoms with Gasteiger partial charge in [0.2, 0.25) is 0 Å². The summed E-state index contributed by atoms with van der Waals surface area (Å²) in [5.74, 6) is 0.741. The molecule has 0 atom stereocenters. The number of rotatable bonds is 6. The van der Waals surface area contributed by atoms with Crippen molar-refractivity contribution in [3.05, 3.63) is 22.6 Å². The molecule has 7 heteroatoms. The van der Waals surface area contributed by atoms with Gasteiger partial charge in [0.25, 0.3) is 0 Å². The summed E-state index contributed by atoms with van der Waals surface area (Å²) < 4.78 is 4.01. The van der Waals surface area contributed by atoms with Crippen molar-refractivity contribution >= 4 is 28.3 Å². The maximum atomic E-state index is 4.51. The van der Waals surface area contributed by atoms with Crippen LogP contribution < -0.4 is 5.32 Å². The normalized spacial score (nSPS) is 10.8. The summed E-state index contributed by atoms with van der Waals surface area (Å²) in [6, 6.07) is 0. The lowest BCUT2D eigenvalue weighted by Gasteiger charge is -2.06. The van der Waals surface area contributed by atoms with E-state index in [4.69, 9.17) is 0 Å². The van der Waals surface area contributed by atoms with E-state index in [0.717, 1.165) is 51.5 Å². The molecular weight excluding hydrogens is 290 g/mol. The quantitative estimate of drug-likeness (QED) is 0.652. The molecule has 0 unspecified atom stereocenters. The highest BCUT2D eigenvalue weighted by molar-refractivity contribution is 7.98. The van der Waals surface area contributed by atoms with Crippen molar-refractivity contribution in [1.82, 2.24) is 19.6 Å². The second kappa shape index (κ2) is 6.99. The Labute approximate surface area is 127 Å². The SMILES string of the molecule is CCCNc1snnc1CSc1nc(C)c(C)c(C)n1. The number of thioether (sulfide) groups is 1. The molecule has 2 heterocycles. The minimum atomic E-state index is 0.741. The molecule has 0 aromatic carbocycles. The van der Waals surface area contributed by atoms with Gasteiger partial charge >= 0.3 is 0 Å². The summed E-state index contributed by atoms with van der Waals surface area (Å²) in [5.41, 5.74) is 4.23. The first kappa shape index (κ1) is 15.2. The van der Waals surface area contributed by atoms with Crippen molar-refractivity contribution < 1.29 is 0 Å². The van der Waals surface area contributed by atoms with Crippen LogP contribution in [-0.2, 0) is 5.75 Å². The van der Waals surface area contributed by atoms with Gasteiger partial charge < -0.3 is 5.32 Å². The van der Waals surface area contributed by atoms with Crippen LogP contribution in [0.2, 0.25) is 0 Å². The number of aromatic nitrogens is 4. The third kappa shape index (κ3) is 3.67. The average molecular weight is 309 g/mol. The molecule has 0 aliphatic carbocycles. The van der Waals surface area contributed by atoms with Crippen molar-refractivity contribution in [2.24, 2.45) is 0 Å². The summed E-state index contributed by atoms with van der Waals surface area (Å²) in [4.78, 5) is 9.02. The second-order valence-corrected chi connectivity index (χ2v) is 6.26. The standard InChI is InChI=1S/C13H19N5S2/c1-5-6-14-12-11(17-18-20-12)7-19-13-15-9(3)8(2)10(4)16-13/h14H,5-7H2,1-4H3. The minimum Gasteiger partial charge on any atom is -0.374 e. The number of nitrogens with one attached hydrogen (secondary N) is 1. The zero-order chi connectivity index (χ0) is 14.5. The Kier molecular flexibility index (Phi) is 5.31. The van der Waals surface area contributed by atoms with E-state index >= 15 is 0 Å². The van der Waals surface area contributed by atoms with Gasteiger partial charge in [0.05, 0.1) is 0 Å². The number of anilines is 1. The Bertz CT molecular complexity index is 559. The molecule has 2 aromatic rings. The Morgan fingerprint density at radius 2 is 1.85 bits per heavy atom. The molecule has 2 rings (SSSR count). The number of nitrogens with zero attached hydrogens (tertiary/aromatic N) is 4. The Morgan fingerprint density at radius 3 is 2.50 bits per heavy atom. The fraction of sp³-hybridized carbons (Fsp3) is 0.538. The number of hydrogen-bond acceptors (Lipinski definition) is 7. The predicted molar refractivity (Wildman–Crippen MR) is 84.5 cm³/mol. The van der Waals surface area contributed by atoms with Gasteiger partial charge in [-0.3, -0.25) is 0 Å². The Morgan fingerprint density at radius 1 is 1.15 bits per heavy atom. The van der Waals surface area contributed by atoms with Crippen LogP contribution in [0.4, 0.5) is 5.00 Å². The molecule has 108 valence electrons. The smallest absolute Gasteiger partial charge is 0.188 e. The van der Waals surface area contributed by atoms with Gasteiger partial charge in [0.15, 0.2) is 5.16 Å². The van der Waals surface area contributed by atoms with E-state index in [2.05, 4.69) is 38.7 Å². The fourth-order valence-corrected chi connectivity index (χ4v) is 3.18. The molecular formula is C13H19N5S2. The Balaban J connectivity index is 2.04. The van der Waals surface area contributed by atoms with Gasteiger partial charge in [-0.1, -0.05) is 23.2 Å². The zero-order valence-electron chi connectivity index (χ0n) is 12.2. The maximum Gasteiger partial charge on any atom is 0.188 e.